The van der Waals surface area contributed by atoms with Crippen molar-refractivity contribution in [1.29, 1.82) is 0 Å². The third kappa shape index (κ3) is 6.03. The smallest absolute Gasteiger partial charge is 0.251 e. The summed E-state index contributed by atoms with van der Waals surface area (Å²) < 4.78 is 36.9. The van der Waals surface area contributed by atoms with Gasteiger partial charge in [0.25, 0.3) is 5.91 Å². The lowest BCUT2D eigenvalue weighted by Gasteiger charge is -2.26. The fourth-order valence-electron chi connectivity index (χ4n) is 2.98. The fourth-order valence-corrected chi connectivity index (χ4v) is 4.39. The number of hydrogen-bond donors (Lipinski definition) is 2. The van der Waals surface area contributed by atoms with E-state index >= 15 is 0 Å². The van der Waals surface area contributed by atoms with Crippen LogP contribution in [0.15, 0.2) is 53.4 Å². The maximum absolute atomic E-state index is 12.6. The Morgan fingerprint density at radius 2 is 1.65 bits per heavy atom. The first-order valence-corrected chi connectivity index (χ1v) is 11.2. The summed E-state index contributed by atoms with van der Waals surface area (Å²) in [6.07, 6.45) is 0. The molecule has 2 amide bonds. The van der Waals surface area contributed by atoms with Crippen LogP contribution in [0.25, 0.3) is 0 Å². The van der Waals surface area contributed by atoms with Crippen LogP contribution in [0.5, 0.6) is 5.75 Å². The van der Waals surface area contributed by atoms with Crippen molar-refractivity contribution in [2.24, 2.45) is 0 Å². The van der Waals surface area contributed by atoms with Gasteiger partial charge in [-0.2, -0.15) is 4.31 Å². The maximum Gasteiger partial charge on any atom is 0.251 e. The Kier molecular flexibility index (Phi) is 7.61. The van der Waals surface area contributed by atoms with Gasteiger partial charge < -0.3 is 20.1 Å². The zero-order valence-corrected chi connectivity index (χ0v) is 18.0. The van der Waals surface area contributed by atoms with Gasteiger partial charge in [0, 0.05) is 25.2 Å². The second-order valence-corrected chi connectivity index (χ2v) is 8.79. The van der Waals surface area contributed by atoms with Crippen LogP contribution in [0.1, 0.15) is 15.9 Å². The van der Waals surface area contributed by atoms with Crippen LogP contribution in [0.4, 0.5) is 0 Å². The van der Waals surface area contributed by atoms with Gasteiger partial charge in [-0.25, -0.2) is 8.42 Å². The lowest BCUT2D eigenvalue weighted by molar-refractivity contribution is -0.120. The van der Waals surface area contributed by atoms with Crippen LogP contribution in [0.2, 0.25) is 0 Å². The number of sulfonamides is 1. The van der Waals surface area contributed by atoms with Crippen LogP contribution < -0.4 is 15.4 Å². The lowest BCUT2D eigenvalue weighted by Crippen LogP contribution is -2.40. The molecule has 2 N–H and O–H groups in total. The Morgan fingerprint density at radius 1 is 1.00 bits per heavy atom. The Bertz CT molecular complexity index is 1000. The van der Waals surface area contributed by atoms with Crippen molar-refractivity contribution < 1.29 is 27.5 Å². The summed E-state index contributed by atoms with van der Waals surface area (Å²) in [5.41, 5.74) is 1.17. The average Bonchev–Trinajstić information content (AvgIpc) is 2.82. The molecule has 0 unspecified atom stereocenters. The predicted octanol–water partition coefficient (Wildman–Crippen LogP) is 0.762. The van der Waals surface area contributed by atoms with Crippen molar-refractivity contribution in [1.82, 2.24) is 14.9 Å². The summed E-state index contributed by atoms with van der Waals surface area (Å²) in [5.74, 6) is -0.0725. The molecule has 0 spiro atoms. The van der Waals surface area contributed by atoms with Crippen molar-refractivity contribution in [2.75, 3.05) is 40.0 Å². The summed E-state index contributed by atoms with van der Waals surface area (Å²) in [6, 6.07) is 12.9. The highest BCUT2D eigenvalue weighted by Crippen LogP contribution is 2.17. The van der Waals surface area contributed by atoms with Crippen LogP contribution in [0, 0.1) is 0 Å². The minimum Gasteiger partial charge on any atom is -0.497 e. The maximum atomic E-state index is 12.6. The molecule has 0 aliphatic carbocycles. The van der Waals surface area contributed by atoms with Crippen molar-refractivity contribution >= 4 is 21.8 Å². The highest BCUT2D eigenvalue weighted by atomic mass is 32.2. The summed E-state index contributed by atoms with van der Waals surface area (Å²) in [5, 5.41) is 5.25. The van der Waals surface area contributed by atoms with E-state index in [-0.39, 0.29) is 22.9 Å². The first-order valence-electron chi connectivity index (χ1n) is 9.76. The van der Waals surface area contributed by atoms with E-state index in [9.17, 15) is 18.0 Å². The molecule has 0 saturated carbocycles. The monoisotopic (exact) mass is 447 g/mol. The summed E-state index contributed by atoms with van der Waals surface area (Å²) >= 11 is 0. The molecule has 1 aliphatic heterocycles. The van der Waals surface area contributed by atoms with E-state index in [0.717, 1.165) is 11.3 Å². The van der Waals surface area contributed by atoms with Gasteiger partial charge in [0.1, 0.15) is 5.75 Å². The molecule has 0 aromatic heterocycles. The first-order chi connectivity index (χ1) is 14.9. The zero-order valence-electron chi connectivity index (χ0n) is 17.2. The Hall–Kier alpha value is -2.95. The normalized spacial score (nSPS) is 14.6. The lowest BCUT2D eigenvalue weighted by atomic mass is 10.2. The predicted molar refractivity (Wildman–Crippen MR) is 113 cm³/mol. The number of carbonyl (C=O) groups excluding carboxylic acids is 2. The standard InChI is InChI=1S/C21H25N3O6S/c1-29-18-6-2-16(3-7-18)14-22-20(25)15-23-21(26)17-4-8-19(9-5-17)31(27,28)24-10-12-30-13-11-24/h2-9H,10-15H2,1H3,(H,22,25)(H,23,26). The molecule has 2 aromatic carbocycles. The summed E-state index contributed by atoms with van der Waals surface area (Å²) in [7, 11) is -2.04. The van der Waals surface area contributed by atoms with Crippen LogP contribution in [-0.2, 0) is 26.1 Å². The molecule has 1 aliphatic rings. The van der Waals surface area contributed by atoms with Crippen LogP contribution in [-0.4, -0.2) is 64.5 Å². The Balaban J connectivity index is 1.49. The van der Waals surface area contributed by atoms with Gasteiger partial charge >= 0.3 is 0 Å². The number of nitrogens with one attached hydrogen (secondary N) is 2. The Labute approximate surface area is 181 Å². The van der Waals surface area contributed by atoms with Gasteiger partial charge in [-0.1, -0.05) is 12.1 Å². The second kappa shape index (κ2) is 10.4. The van der Waals surface area contributed by atoms with Crippen molar-refractivity contribution in [3.05, 3.63) is 59.7 Å². The van der Waals surface area contributed by atoms with E-state index in [1.807, 2.05) is 12.1 Å². The minimum atomic E-state index is -3.62. The third-order valence-corrected chi connectivity index (χ3v) is 6.70. The van der Waals surface area contributed by atoms with E-state index in [1.54, 1.807) is 19.2 Å². The summed E-state index contributed by atoms with van der Waals surface area (Å²) in [4.78, 5) is 24.4. The second-order valence-electron chi connectivity index (χ2n) is 6.85. The van der Waals surface area contributed by atoms with Gasteiger partial charge in [-0.15, -0.1) is 0 Å². The molecule has 2 aromatic rings. The number of hydrogen-bond acceptors (Lipinski definition) is 6. The van der Waals surface area contributed by atoms with E-state index in [2.05, 4.69) is 10.6 Å². The molecular formula is C21H25N3O6S. The molecule has 1 saturated heterocycles. The van der Waals surface area contributed by atoms with E-state index < -0.39 is 15.9 Å². The van der Waals surface area contributed by atoms with Crippen LogP contribution >= 0.6 is 0 Å². The average molecular weight is 448 g/mol. The number of amides is 2. The molecule has 166 valence electrons. The molecule has 1 fully saturated rings. The topological polar surface area (TPSA) is 114 Å². The highest BCUT2D eigenvalue weighted by molar-refractivity contribution is 7.89. The van der Waals surface area contributed by atoms with E-state index in [0.29, 0.717) is 32.8 Å². The number of methoxy groups -OCH3 is 1. The minimum absolute atomic E-state index is 0.114. The zero-order chi connectivity index (χ0) is 22.3. The van der Waals surface area contributed by atoms with Gasteiger partial charge in [-0.3, -0.25) is 9.59 Å². The number of ether oxygens (including phenoxy) is 2. The largest absolute Gasteiger partial charge is 0.497 e. The van der Waals surface area contributed by atoms with Gasteiger partial charge in [0.15, 0.2) is 0 Å². The fraction of sp³-hybridized carbons (Fsp3) is 0.333. The number of benzene rings is 2. The first kappa shape index (κ1) is 22.7. The SMILES string of the molecule is COc1ccc(CNC(=O)CNC(=O)c2ccc(S(=O)(=O)N3CCOCC3)cc2)cc1. The number of carbonyl (C=O) groups is 2. The summed E-state index contributed by atoms with van der Waals surface area (Å²) in [6.45, 7) is 1.46. The molecule has 31 heavy (non-hydrogen) atoms. The number of nitrogens with zero attached hydrogens (tertiary/aromatic N) is 1. The van der Waals surface area contributed by atoms with Gasteiger partial charge in [-0.05, 0) is 42.0 Å². The molecule has 0 bridgehead atoms. The van der Waals surface area contributed by atoms with E-state index in [1.165, 1.54) is 28.6 Å². The van der Waals surface area contributed by atoms with Crippen molar-refractivity contribution in [3.63, 3.8) is 0 Å². The molecule has 3 rings (SSSR count). The quantitative estimate of drug-likeness (QED) is 0.618. The van der Waals surface area contributed by atoms with Gasteiger partial charge in [0.2, 0.25) is 15.9 Å². The molecule has 10 heteroatoms. The van der Waals surface area contributed by atoms with Gasteiger partial charge in [0.05, 0.1) is 31.8 Å². The molecular weight excluding hydrogens is 422 g/mol. The Morgan fingerprint density at radius 3 is 2.26 bits per heavy atom. The third-order valence-electron chi connectivity index (χ3n) is 4.78. The number of morpholine rings is 1. The molecule has 0 radical (unpaired) electrons. The van der Waals surface area contributed by atoms with Crippen LogP contribution in [0.3, 0.4) is 0 Å². The van der Waals surface area contributed by atoms with E-state index in [4.69, 9.17) is 9.47 Å². The number of rotatable bonds is 8. The highest BCUT2D eigenvalue weighted by Gasteiger charge is 2.26. The van der Waals surface area contributed by atoms with Crippen molar-refractivity contribution in [2.45, 2.75) is 11.4 Å². The molecule has 9 nitrogen and oxygen atoms in total. The molecule has 0 atom stereocenters. The van der Waals surface area contributed by atoms with Crippen molar-refractivity contribution in [3.8, 4) is 5.75 Å². The molecule has 1 heterocycles.